The number of benzene rings is 1. The van der Waals surface area contributed by atoms with Crippen LogP contribution in [0.3, 0.4) is 0 Å². The van der Waals surface area contributed by atoms with Gasteiger partial charge >= 0.3 is 0 Å². The van der Waals surface area contributed by atoms with E-state index >= 15 is 0 Å². The third-order valence-electron chi connectivity index (χ3n) is 2.98. The van der Waals surface area contributed by atoms with Crippen molar-refractivity contribution in [1.82, 2.24) is 9.71 Å². The van der Waals surface area contributed by atoms with E-state index in [0.717, 1.165) is 14.7 Å². The molecule has 2 rings (SSSR count). The second-order valence-electron chi connectivity index (χ2n) is 4.81. The van der Waals surface area contributed by atoms with Crippen LogP contribution in [-0.4, -0.2) is 26.5 Å². The molecule has 0 atom stereocenters. The minimum absolute atomic E-state index is 0.221. The first kappa shape index (κ1) is 20.2. The van der Waals surface area contributed by atoms with Gasteiger partial charge in [-0.15, -0.1) is 0 Å². The van der Waals surface area contributed by atoms with E-state index in [1.807, 2.05) is 12.1 Å². The van der Waals surface area contributed by atoms with Crippen LogP contribution in [0.15, 0.2) is 42.3 Å². The first-order valence-corrected chi connectivity index (χ1v) is 10.4. The van der Waals surface area contributed by atoms with Gasteiger partial charge in [0.25, 0.3) is 0 Å². The molecule has 0 radical (unpaired) electrons. The minimum Gasteiger partial charge on any atom is -0.369 e. The lowest BCUT2D eigenvalue weighted by Gasteiger charge is -2.11. The van der Waals surface area contributed by atoms with E-state index in [1.54, 1.807) is 18.2 Å². The summed E-state index contributed by atoms with van der Waals surface area (Å²) in [6, 6.07) is 8.92. The van der Waals surface area contributed by atoms with E-state index in [2.05, 4.69) is 49.5 Å². The zero-order chi connectivity index (χ0) is 18.4. The van der Waals surface area contributed by atoms with Gasteiger partial charge < -0.3 is 10.6 Å². The van der Waals surface area contributed by atoms with E-state index < -0.39 is 10.0 Å². The molecule has 10 heteroatoms. The topological polar surface area (TPSA) is 83.1 Å². The van der Waals surface area contributed by atoms with E-state index in [4.69, 9.17) is 23.2 Å². The fraction of sp³-hybridized carbons (Fsp3) is 0.133. The van der Waals surface area contributed by atoms with Crippen LogP contribution >= 0.6 is 45.8 Å². The highest BCUT2D eigenvalue weighted by molar-refractivity contribution is 14.1. The van der Waals surface area contributed by atoms with Crippen molar-refractivity contribution in [3.05, 3.63) is 55.9 Å². The second-order valence-corrected chi connectivity index (χ2v) is 8.50. The Morgan fingerprint density at radius 1 is 1.16 bits per heavy atom. The largest absolute Gasteiger partial charge is 0.369 e. The van der Waals surface area contributed by atoms with E-state index in [1.165, 1.54) is 0 Å². The third-order valence-corrected chi connectivity index (χ3v) is 5.64. The summed E-state index contributed by atoms with van der Waals surface area (Å²) in [4.78, 5) is 4.42. The summed E-state index contributed by atoms with van der Waals surface area (Å²) in [6.45, 7) is 3.83. The number of nitrogens with zero attached hydrogens (tertiary/aromatic N) is 1. The number of halogens is 3. The Balaban J connectivity index is 1.99. The molecule has 1 heterocycles. The molecule has 1 aromatic carbocycles. The zero-order valence-corrected chi connectivity index (χ0v) is 17.4. The molecule has 0 unspecified atom stereocenters. The highest BCUT2D eigenvalue weighted by Crippen LogP contribution is 2.31. The highest BCUT2D eigenvalue weighted by atomic mass is 127. The maximum Gasteiger partial charge on any atom is 0.233 e. The van der Waals surface area contributed by atoms with Gasteiger partial charge in [-0.05, 0) is 46.9 Å². The lowest BCUT2D eigenvalue weighted by atomic mass is 10.3. The van der Waals surface area contributed by atoms with Gasteiger partial charge in [0.2, 0.25) is 10.0 Å². The zero-order valence-electron chi connectivity index (χ0n) is 12.9. The van der Waals surface area contributed by atoms with Crippen molar-refractivity contribution in [1.29, 1.82) is 0 Å². The predicted molar refractivity (Wildman–Crippen MR) is 112 cm³/mol. The van der Waals surface area contributed by atoms with Crippen LogP contribution in [0.1, 0.15) is 0 Å². The molecule has 0 amide bonds. The SMILES string of the molecule is C=CS(=O)(=O)NCCNc1cccc(Nc2cc(Cl)c(Cl)cc2I)n1. The molecule has 0 fully saturated rings. The molecule has 0 aliphatic rings. The lowest BCUT2D eigenvalue weighted by molar-refractivity contribution is 0.592. The number of nitrogens with one attached hydrogen (secondary N) is 3. The maximum absolute atomic E-state index is 11.2. The van der Waals surface area contributed by atoms with Crippen molar-refractivity contribution in [2.45, 2.75) is 0 Å². The van der Waals surface area contributed by atoms with Gasteiger partial charge in [-0.1, -0.05) is 35.8 Å². The summed E-state index contributed by atoms with van der Waals surface area (Å²) >= 11 is 14.2. The predicted octanol–water partition coefficient (Wildman–Crippen LogP) is 4.21. The summed E-state index contributed by atoms with van der Waals surface area (Å²) in [5, 5.41) is 8.03. The number of rotatable bonds is 8. The molecule has 134 valence electrons. The minimum atomic E-state index is -3.42. The highest BCUT2D eigenvalue weighted by Gasteiger charge is 2.07. The van der Waals surface area contributed by atoms with Crippen molar-refractivity contribution in [3.63, 3.8) is 0 Å². The third kappa shape index (κ3) is 6.30. The maximum atomic E-state index is 11.2. The Bertz CT molecular complexity index is 878. The molecule has 0 bridgehead atoms. The molecular weight excluding hydrogens is 498 g/mol. The summed E-state index contributed by atoms with van der Waals surface area (Å²) in [7, 11) is -3.42. The number of sulfonamides is 1. The molecule has 0 saturated carbocycles. The second kappa shape index (κ2) is 9.04. The van der Waals surface area contributed by atoms with Crippen molar-refractivity contribution < 1.29 is 8.42 Å². The molecule has 0 saturated heterocycles. The number of hydrogen-bond donors (Lipinski definition) is 3. The molecule has 3 N–H and O–H groups in total. The van der Waals surface area contributed by atoms with Gasteiger partial charge in [0.05, 0.1) is 15.7 Å². The molecule has 2 aromatic rings. The van der Waals surface area contributed by atoms with Crippen LogP contribution in [0, 0.1) is 3.57 Å². The van der Waals surface area contributed by atoms with E-state index in [9.17, 15) is 8.42 Å². The van der Waals surface area contributed by atoms with Crippen molar-refractivity contribution >= 4 is 73.1 Å². The normalized spacial score (nSPS) is 11.2. The number of hydrogen-bond acceptors (Lipinski definition) is 5. The Morgan fingerprint density at radius 2 is 1.84 bits per heavy atom. The Kier molecular flexibility index (Phi) is 7.32. The van der Waals surface area contributed by atoms with Gasteiger partial charge in [0, 0.05) is 22.1 Å². The molecule has 25 heavy (non-hydrogen) atoms. The summed E-state index contributed by atoms with van der Waals surface area (Å²) in [5.41, 5.74) is 0.790. The molecule has 1 aromatic heterocycles. The van der Waals surface area contributed by atoms with E-state index in [-0.39, 0.29) is 6.54 Å². The van der Waals surface area contributed by atoms with Crippen LogP contribution in [-0.2, 0) is 10.0 Å². The van der Waals surface area contributed by atoms with Gasteiger partial charge in [-0.3, -0.25) is 0 Å². The standard InChI is InChI=1S/C15H15Cl2IN4O2S/c1-2-25(23,24)20-7-6-19-14-4-3-5-15(22-14)21-13-9-11(17)10(16)8-12(13)18/h2-5,8-9,20H,1,6-7H2,(H2,19,21,22). The molecular formula is C15H15Cl2IN4O2S. The van der Waals surface area contributed by atoms with Gasteiger partial charge in [0.1, 0.15) is 11.6 Å². The van der Waals surface area contributed by atoms with Crippen molar-refractivity contribution in [3.8, 4) is 0 Å². The fourth-order valence-electron chi connectivity index (χ4n) is 1.80. The summed E-state index contributed by atoms with van der Waals surface area (Å²) in [6.07, 6.45) is 0. The monoisotopic (exact) mass is 512 g/mol. The summed E-state index contributed by atoms with van der Waals surface area (Å²) in [5.74, 6) is 1.23. The van der Waals surface area contributed by atoms with Crippen LogP contribution in [0.5, 0.6) is 0 Å². The molecule has 6 nitrogen and oxygen atoms in total. The quantitative estimate of drug-likeness (QED) is 0.280. The van der Waals surface area contributed by atoms with Crippen LogP contribution < -0.4 is 15.4 Å². The van der Waals surface area contributed by atoms with Gasteiger partial charge in [-0.25, -0.2) is 18.1 Å². The van der Waals surface area contributed by atoms with Crippen molar-refractivity contribution in [2.24, 2.45) is 0 Å². The average Bonchev–Trinajstić information content (AvgIpc) is 2.57. The number of aromatic nitrogens is 1. The van der Waals surface area contributed by atoms with Gasteiger partial charge in [0.15, 0.2) is 0 Å². The first-order valence-electron chi connectivity index (χ1n) is 7.05. The lowest BCUT2D eigenvalue weighted by Crippen LogP contribution is -2.27. The average molecular weight is 513 g/mol. The molecule has 0 aliphatic carbocycles. The van der Waals surface area contributed by atoms with Gasteiger partial charge in [-0.2, -0.15) is 0 Å². The van der Waals surface area contributed by atoms with Crippen molar-refractivity contribution in [2.75, 3.05) is 23.7 Å². The fourth-order valence-corrected chi connectivity index (χ4v) is 3.42. The Morgan fingerprint density at radius 3 is 2.56 bits per heavy atom. The van der Waals surface area contributed by atoms with Crippen LogP contribution in [0.4, 0.5) is 17.3 Å². The van der Waals surface area contributed by atoms with Crippen LogP contribution in [0.25, 0.3) is 0 Å². The molecule has 0 aliphatic heterocycles. The summed E-state index contributed by atoms with van der Waals surface area (Å²) < 4.78 is 25.8. The first-order chi connectivity index (χ1) is 11.8. The Labute approximate surface area is 170 Å². The Hall–Kier alpha value is -1.07. The van der Waals surface area contributed by atoms with E-state index in [0.29, 0.717) is 28.2 Å². The van der Waals surface area contributed by atoms with Crippen LogP contribution in [0.2, 0.25) is 10.0 Å². The number of anilines is 3. The molecule has 0 spiro atoms. The smallest absolute Gasteiger partial charge is 0.233 e. The number of pyridine rings is 1.